The molecule has 0 radical (unpaired) electrons. The van der Waals surface area contributed by atoms with Crippen molar-refractivity contribution in [2.75, 3.05) is 5.32 Å². The number of carbonyl (C=O) groups excluding carboxylic acids is 1. The molecule has 82 valence electrons. The van der Waals surface area contributed by atoms with Crippen molar-refractivity contribution in [2.45, 2.75) is 26.3 Å². The van der Waals surface area contributed by atoms with Gasteiger partial charge in [0.2, 0.25) is 5.91 Å². The third-order valence-corrected chi connectivity index (χ3v) is 2.21. The SMILES string of the molecule is Cc1cc(Cl)ccc1NC(=O)CC(C)N. The van der Waals surface area contributed by atoms with E-state index in [0.717, 1.165) is 11.3 Å². The maximum Gasteiger partial charge on any atom is 0.225 e. The number of carbonyl (C=O) groups is 1. The zero-order chi connectivity index (χ0) is 11.4. The molecule has 0 aliphatic heterocycles. The van der Waals surface area contributed by atoms with Crippen LogP contribution in [0.5, 0.6) is 0 Å². The first kappa shape index (κ1) is 12.0. The predicted molar refractivity (Wildman–Crippen MR) is 63.1 cm³/mol. The Hall–Kier alpha value is -1.06. The van der Waals surface area contributed by atoms with Gasteiger partial charge in [-0.2, -0.15) is 0 Å². The minimum atomic E-state index is -0.127. The molecular weight excluding hydrogens is 212 g/mol. The van der Waals surface area contributed by atoms with Gasteiger partial charge < -0.3 is 11.1 Å². The van der Waals surface area contributed by atoms with Crippen molar-refractivity contribution in [3.63, 3.8) is 0 Å². The van der Waals surface area contributed by atoms with Crippen molar-refractivity contribution in [2.24, 2.45) is 5.73 Å². The van der Waals surface area contributed by atoms with E-state index in [9.17, 15) is 4.79 Å². The highest BCUT2D eigenvalue weighted by Crippen LogP contribution is 2.19. The van der Waals surface area contributed by atoms with E-state index in [4.69, 9.17) is 17.3 Å². The van der Waals surface area contributed by atoms with Crippen LogP contribution >= 0.6 is 11.6 Å². The summed E-state index contributed by atoms with van der Waals surface area (Å²) < 4.78 is 0. The fraction of sp³-hybridized carbons (Fsp3) is 0.364. The molecule has 0 aliphatic rings. The molecule has 0 fully saturated rings. The van der Waals surface area contributed by atoms with Crippen LogP contribution < -0.4 is 11.1 Å². The van der Waals surface area contributed by atoms with Crippen LogP contribution in [0.4, 0.5) is 5.69 Å². The molecule has 0 aliphatic carbocycles. The number of nitrogens with one attached hydrogen (secondary N) is 1. The molecule has 0 aromatic heterocycles. The summed E-state index contributed by atoms with van der Waals surface area (Å²) in [6, 6.07) is 5.22. The number of aryl methyl sites for hydroxylation is 1. The van der Waals surface area contributed by atoms with Crippen LogP contribution in [0, 0.1) is 6.92 Å². The predicted octanol–water partition coefficient (Wildman–Crippen LogP) is 2.32. The number of benzene rings is 1. The van der Waals surface area contributed by atoms with Crippen molar-refractivity contribution in [1.29, 1.82) is 0 Å². The molecule has 1 amide bonds. The first-order valence-corrected chi connectivity index (χ1v) is 5.18. The number of hydrogen-bond acceptors (Lipinski definition) is 2. The lowest BCUT2D eigenvalue weighted by atomic mass is 10.2. The Morgan fingerprint density at radius 1 is 1.60 bits per heavy atom. The second-order valence-electron chi connectivity index (χ2n) is 3.69. The van der Waals surface area contributed by atoms with Crippen molar-refractivity contribution in [3.8, 4) is 0 Å². The summed E-state index contributed by atoms with van der Waals surface area (Å²) in [5.74, 6) is -0.0737. The average Bonchev–Trinajstić information content (AvgIpc) is 2.08. The van der Waals surface area contributed by atoms with Gasteiger partial charge in [-0.3, -0.25) is 4.79 Å². The molecule has 1 rings (SSSR count). The van der Waals surface area contributed by atoms with E-state index in [0.29, 0.717) is 11.4 Å². The lowest BCUT2D eigenvalue weighted by Gasteiger charge is -2.09. The average molecular weight is 227 g/mol. The molecule has 0 bridgehead atoms. The van der Waals surface area contributed by atoms with Crippen molar-refractivity contribution in [1.82, 2.24) is 0 Å². The number of rotatable bonds is 3. The molecule has 1 aromatic rings. The fourth-order valence-corrected chi connectivity index (χ4v) is 1.49. The van der Waals surface area contributed by atoms with Gasteiger partial charge in [0.1, 0.15) is 0 Å². The van der Waals surface area contributed by atoms with Crippen molar-refractivity contribution >= 4 is 23.2 Å². The van der Waals surface area contributed by atoms with Gasteiger partial charge in [0.15, 0.2) is 0 Å². The summed E-state index contributed by atoms with van der Waals surface area (Å²) in [4.78, 5) is 11.4. The van der Waals surface area contributed by atoms with Crippen LogP contribution in [-0.2, 0) is 4.79 Å². The summed E-state index contributed by atoms with van der Waals surface area (Å²) in [7, 11) is 0. The molecular formula is C11H15ClN2O. The molecule has 0 saturated carbocycles. The number of anilines is 1. The van der Waals surface area contributed by atoms with Gasteiger partial charge in [0, 0.05) is 23.2 Å². The van der Waals surface area contributed by atoms with E-state index in [2.05, 4.69) is 5.32 Å². The third kappa shape index (κ3) is 3.90. The maximum atomic E-state index is 11.4. The zero-order valence-electron chi connectivity index (χ0n) is 8.88. The quantitative estimate of drug-likeness (QED) is 0.831. The highest BCUT2D eigenvalue weighted by atomic mass is 35.5. The molecule has 4 heteroatoms. The Morgan fingerprint density at radius 2 is 2.27 bits per heavy atom. The molecule has 3 N–H and O–H groups in total. The molecule has 15 heavy (non-hydrogen) atoms. The summed E-state index contributed by atoms with van der Waals surface area (Å²) in [5.41, 5.74) is 7.25. The van der Waals surface area contributed by atoms with Crippen molar-refractivity contribution < 1.29 is 4.79 Å². The van der Waals surface area contributed by atoms with Gasteiger partial charge in [-0.1, -0.05) is 11.6 Å². The fourth-order valence-electron chi connectivity index (χ4n) is 1.26. The highest BCUT2D eigenvalue weighted by molar-refractivity contribution is 6.30. The van der Waals surface area contributed by atoms with E-state index < -0.39 is 0 Å². The van der Waals surface area contributed by atoms with E-state index >= 15 is 0 Å². The Labute approximate surface area is 94.6 Å². The Kier molecular flexibility index (Phi) is 4.12. The van der Waals surface area contributed by atoms with Crippen LogP contribution in [0.2, 0.25) is 5.02 Å². The zero-order valence-corrected chi connectivity index (χ0v) is 9.64. The number of amides is 1. The summed E-state index contributed by atoms with van der Waals surface area (Å²) >= 11 is 5.81. The van der Waals surface area contributed by atoms with Gasteiger partial charge in [0.25, 0.3) is 0 Å². The second kappa shape index (κ2) is 5.14. The van der Waals surface area contributed by atoms with E-state index in [1.54, 1.807) is 19.1 Å². The lowest BCUT2D eigenvalue weighted by molar-refractivity contribution is -0.116. The Balaban J connectivity index is 2.68. The highest BCUT2D eigenvalue weighted by Gasteiger charge is 2.07. The molecule has 0 heterocycles. The molecule has 0 saturated heterocycles. The topological polar surface area (TPSA) is 55.1 Å². The molecule has 0 spiro atoms. The first-order valence-electron chi connectivity index (χ1n) is 4.80. The number of hydrogen-bond donors (Lipinski definition) is 2. The van der Waals surface area contributed by atoms with E-state index in [-0.39, 0.29) is 11.9 Å². The summed E-state index contributed by atoms with van der Waals surface area (Å²) in [6.07, 6.45) is 0.321. The van der Waals surface area contributed by atoms with Gasteiger partial charge in [-0.05, 0) is 37.6 Å². The normalized spacial score (nSPS) is 12.3. The number of nitrogens with two attached hydrogens (primary N) is 1. The minimum Gasteiger partial charge on any atom is -0.327 e. The Bertz CT molecular complexity index is 364. The van der Waals surface area contributed by atoms with Crippen molar-refractivity contribution in [3.05, 3.63) is 28.8 Å². The Morgan fingerprint density at radius 3 is 2.80 bits per heavy atom. The standard InChI is InChI=1S/C11H15ClN2O/c1-7-5-9(12)3-4-10(7)14-11(15)6-8(2)13/h3-5,8H,6,13H2,1-2H3,(H,14,15). The van der Waals surface area contributed by atoms with Gasteiger partial charge in [-0.15, -0.1) is 0 Å². The van der Waals surface area contributed by atoms with Gasteiger partial charge >= 0.3 is 0 Å². The monoisotopic (exact) mass is 226 g/mol. The smallest absolute Gasteiger partial charge is 0.225 e. The maximum absolute atomic E-state index is 11.4. The molecule has 1 atom stereocenters. The molecule has 1 unspecified atom stereocenters. The van der Waals surface area contributed by atoms with Gasteiger partial charge in [0.05, 0.1) is 0 Å². The van der Waals surface area contributed by atoms with Crippen LogP contribution in [0.3, 0.4) is 0 Å². The lowest BCUT2D eigenvalue weighted by Crippen LogP contribution is -2.24. The van der Waals surface area contributed by atoms with E-state index in [1.807, 2.05) is 13.0 Å². The van der Waals surface area contributed by atoms with Crippen LogP contribution in [0.15, 0.2) is 18.2 Å². The van der Waals surface area contributed by atoms with Gasteiger partial charge in [-0.25, -0.2) is 0 Å². The van der Waals surface area contributed by atoms with Crippen LogP contribution in [0.25, 0.3) is 0 Å². The largest absolute Gasteiger partial charge is 0.327 e. The second-order valence-corrected chi connectivity index (χ2v) is 4.13. The summed E-state index contributed by atoms with van der Waals surface area (Å²) in [5, 5.41) is 3.46. The summed E-state index contributed by atoms with van der Waals surface area (Å²) in [6.45, 7) is 3.70. The molecule has 1 aromatic carbocycles. The molecule has 3 nitrogen and oxygen atoms in total. The third-order valence-electron chi connectivity index (χ3n) is 1.97. The van der Waals surface area contributed by atoms with Crippen LogP contribution in [-0.4, -0.2) is 11.9 Å². The first-order chi connectivity index (χ1) is 6.99. The number of halogens is 1. The van der Waals surface area contributed by atoms with Crippen LogP contribution in [0.1, 0.15) is 18.9 Å². The van der Waals surface area contributed by atoms with E-state index in [1.165, 1.54) is 0 Å². The minimum absolute atomic E-state index is 0.0737.